The summed E-state index contributed by atoms with van der Waals surface area (Å²) >= 11 is 0. The van der Waals surface area contributed by atoms with Crippen molar-refractivity contribution in [3.63, 3.8) is 0 Å². The van der Waals surface area contributed by atoms with E-state index in [1.165, 1.54) is 6.92 Å². The number of nitrogens with zero attached hydrogens (tertiary/aromatic N) is 1. The van der Waals surface area contributed by atoms with Crippen LogP contribution in [0.2, 0.25) is 0 Å². The van der Waals surface area contributed by atoms with Gasteiger partial charge in [-0.2, -0.15) is 0 Å². The second kappa shape index (κ2) is 9.91. The van der Waals surface area contributed by atoms with Gasteiger partial charge in [0, 0.05) is 37.7 Å². The zero-order valence-electron chi connectivity index (χ0n) is 17.2. The van der Waals surface area contributed by atoms with Crippen molar-refractivity contribution >= 4 is 17.8 Å². The van der Waals surface area contributed by atoms with E-state index in [1.807, 2.05) is 17.0 Å². The zero-order chi connectivity index (χ0) is 21.5. The molecule has 30 heavy (non-hydrogen) atoms. The van der Waals surface area contributed by atoms with Gasteiger partial charge in [-0.3, -0.25) is 14.4 Å². The van der Waals surface area contributed by atoms with Gasteiger partial charge in [0.1, 0.15) is 11.5 Å². The van der Waals surface area contributed by atoms with E-state index in [-0.39, 0.29) is 11.8 Å². The van der Waals surface area contributed by atoms with Gasteiger partial charge in [-0.15, -0.1) is 0 Å². The molecule has 0 saturated carbocycles. The van der Waals surface area contributed by atoms with Crippen molar-refractivity contribution in [3.8, 4) is 11.5 Å². The van der Waals surface area contributed by atoms with Crippen LogP contribution in [-0.2, 0) is 4.79 Å². The molecule has 0 aliphatic carbocycles. The molecule has 1 fully saturated rings. The number of piperidine rings is 1. The smallest absolute Gasteiger partial charge is 0.308 e. The number of esters is 1. The topological polar surface area (TPSA) is 84.9 Å². The van der Waals surface area contributed by atoms with E-state index in [0.29, 0.717) is 48.2 Å². The number of rotatable bonds is 6. The van der Waals surface area contributed by atoms with E-state index in [1.54, 1.807) is 43.5 Å². The van der Waals surface area contributed by atoms with Crippen LogP contribution in [0.3, 0.4) is 0 Å². The molecule has 0 unspecified atom stereocenters. The number of hydrogen-bond donors (Lipinski definition) is 1. The van der Waals surface area contributed by atoms with Crippen molar-refractivity contribution < 1.29 is 23.9 Å². The van der Waals surface area contributed by atoms with Crippen molar-refractivity contribution in [1.82, 2.24) is 10.2 Å². The second-order valence-electron chi connectivity index (χ2n) is 7.30. The Morgan fingerprint density at radius 1 is 1.00 bits per heavy atom. The average molecular weight is 410 g/mol. The van der Waals surface area contributed by atoms with Crippen LogP contribution in [0, 0.1) is 5.92 Å². The Morgan fingerprint density at radius 3 is 2.30 bits per heavy atom. The molecule has 0 spiro atoms. The number of ether oxygens (including phenoxy) is 2. The Labute approximate surface area is 176 Å². The van der Waals surface area contributed by atoms with Crippen LogP contribution in [0.15, 0.2) is 48.5 Å². The molecule has 1 aliphatic rings. The van der Waals surface area contributed by atoms with E-state index in [2.05, 4.69) is 5.32 Å². The maximum atomic E-state index is 12.7. The SMILES string of the molecule is COc1cccc(C(=O)N2CCC(CNC(=O)c3cccc(OC(C)=O)c3)CC2)c1. The number of carbonyl (C=O) groups is 3. The van der Waals surface area contributed by atoms with Crippen LogP contribution in [0.25, 0.3) is 0 Å². The molecule has 1 heterocycles. The highest BCUT2D eigenvalue weighted by atomic mass is 16.5. The van der Waals surface area contributed by atoms with E-state index >= 15 is 0 Å². The summed E-state index contributed by atoms with van der Waals surface area (Å²) in [6.45, 7) is 3.16. The molecule has 0 aromatic heterocycles. The van der Waals surface area contributed by atoms with Crippen LogP contribution in [-0.4, -0.2) is 49.4 Å². The number of hydrogen-bond acceptors (Lipinski definition) is 5. The molecule has 2 amide bonds. The Bertz CT molecular complexity index is 919. The fraction of sp³-hybridized carbons (Fsp3) is 0.348. The predicted molar refractivity (Wildman–Crippen MR) is 112 cm³/mol. The lowest BCUT2D eigenvalue weighted by Gasteiger charge is -2.32. The lowest BCUT2D eigenvalue weighted by atomic mass is 9.96. The number of benzene rings is 2. The molecule has 7 nitrogen and oxygen atoms in total. The normalized spacial score (nSPS) is 14.1. The lowest BCUT2D eigenvalue weighted by Crippen LogP contribution is -2.41. The summed E-state index contributed by atoms with van der Waals surface area (Å²) in [5, 5.41) is 2.94. The van der Waals surface area contributed by atoms with Crippen LogP contribution in [0.1, 0.15) is 40.5 Å². The van der Waals surface area contributed by atoms with Gasteiger partial charge >= 0.3 is 5.97 Å². The van der Waals surface area contributed by atoms with Gasteiger partial charge in [-0.05, 0) is 55.2 Å². The monoisotopic (exact) mass is 410 g/mol. The largest absolute Gasteiger partial charge is 0.497 e. The van der Waals surface area contributed by atoms with Crippen LogP contribution in [0.5, 0.6) is 11.5 Å². The van der Waals surface area contributed by atoms with Gasteiger partial charge in [0.15, 0.2) is 0 Å². The highest BCUT2D eigenvalue weighted by Gasteiger charge is 2.24. The maximum Gasteiger partial charge on any atom is 0.308 e. The minimum absolute atomic E-state index is 0.00123. The highest BCUT2D eigenvalue weighted by molar-refractivity contribution is 5.95. The number of methoxy groups -OCH3 is 1. The highest BCUT2D eigenvalue weighted by Crippen LogP contribution is 2.21. The molecule has 1 N–H and O–H groups in total. The summed E-state index contributed by atoms with van der Waals surface area (Å²) < 4.78 is 10.2. The van der Waals surface area contributed by atoms with Gasteiger partial charge in [0.2, 0.25) is 0 Å². The fourth-order valence-electron chi connectivity index (χ4n) is 3.48. The molecular weight excluding hydrogens is 384 g/mol. The van der Waals surface area contributed by atoms with E-state index in [9.17, 15) is 14.4 Å². The number of carbonyl (C=O) groups excluding carboxylic acids is 3. The average Bonchev–Trinajstić information content (AvgIpc) is 2.77. The standard InChI is InChI=1S/C23H26N2O5/c1-16(26)30-21-8-3-5-18(13-21)22(27)24-15-17-9-11-25(12-10-17)23(28)19-6-4-7-20(14-19)29-2/h3-8,13-14,17H,9-12,15H2,1-2H3,(H,24,27). The molecule has 2 aromatic carbocycles. The van der Waals surface area contributed by atoms with Gasteiger partial charge in [0.25, 0.3) is 11.8 Å². The molecule has 158 valence electrons. The minimum atomic E-state index is -0.428. The number of likely N-dealkylation sites (tertiary alicyclic amines) is 1. The summed E-state index contributed by atoms with van der Waals surface area (Å²) in [5.74, 6) is 0.677. The van der Waals surface area contributed by atoms with Crippen LogP contribution >= 0.6 is 0 Å². The predicted octanol–water partition coefficient (Wildman–Crippen LogP) is 2.90. The first-order chi connectivity index (χ1) is 14.5. The number of nitrogens with one attached hydrogen (secondary N) is 1. The lowest BCUT2D eigenvalue weighted by molar-refractivity contribution is -0.131. The first kappa shape index (κ1) is 21.4. The number of amides is 2. The zero-order valence-corrected chi connectivity index (χ0v) is 17.2. The molecule has 7 heteroatoms. The van der Waals surface area contributed by atoms with Crippen molar-refractivity contribution in [3.05, 3.63) is 59.7 Å². The summed E-state index contributed by atoms with van der Waals surface area (Å²) in [6, 6.07) is 13.7. The van der Waals surface area contributed by atoms with E-state index < -0.39 is 5.97 Å². The first-order valence-electron chi connectivity index (χ1n) is 9.96. The van der Waals surface area contributed by atoms with E-state index in [0.717, 1.165) is 12.8 Å². The van der Waals surface area contributed by atoms with Gasteiger partial charge in [-0.25, -0.2) is 0 Å². The quantitative estimate of drug-likeness (QED) is 0.585. The Morgan fingerprint density at radius 2 is 1.63 bits per heavy atom. The van der Waals surface area contributed by atoms with Gasteiger partial charge in [-0.1, -0.05) is 12.1 Å². The summed E-state index contributed by atoms with van der Waals surface area (Å²) in [6.07, 6.45) is 1.65. The Hall–Kier alpha value is -3.35. The van der Waals surface area contributed by atoms with Crippen molar-refractivity contribution in [2.24, 2.45) is 5.92 Å². The van der Waals surface area contributed by atoms with Crippen molar-refractivity contribution in [1.29, 1.82) is 0 Å². The first-order valence-corrected chi connectivity index (χ1v) is 9.96. The third kappa shape index (κ3) is 5.59. The molecule has 0 atom stereocenters. The molecular formula is C23H26N2O5. The Kier molecular flexibility index (Phi) is 7.06. The van der Waals surface area contributed by atoms with Gasteiger partial charge in [0.05, 0.1) is 7.11 Å². The van der Waals surface area contributed by atoms with Crippen molar-refractivity contribution in [2.45, 2.75) is 19.8 Å². The summed E-state index contributed by atoms with van der Waals surface area (Å²) in [4.78, 5) is 38.0. The van der Waals surface area contributed by atoms with Gasteiger partial charge < -0.3 is 19.7 Å². The third-order valence-electron chi connectivity index (χ3n) is 5.13. The second-order valence-corrected chi connectivity index (χ2v) is 7.30. The third-order valence-corrected chi connectivity index (χ3v) is 5.13. The Balaban J connectivity index is 1.48. The molecule has 2 aromatic rings. The molecule has 3 rings (SSSR count). The molecule has 0 radical (unpaired) electrons. The van der Waals surface area contributed by atoms with Crippen LogP contribution in [0.4, 0.5) is 0 Å². The maximum absolute atomic E-state index is 12.7. The van der Waals surface area contributed by atoms with Crippen LogP contribution < -0.4 is 14.8 Å². The fourth-order valence-corrected chi connectivity index (χ4v) is 3.48. The molecule has 1 aliphatic heterocycles. The van der Waals surface area contributed by atoms with Crippen molar-refractivity contribution in [2.75, 3.05) is 26.7 Å². The minimum Gasteiger partial charge on any atom is -0.497 e. The summed E-state index contributed by atoms with van der Waals surface area (Å²) in [7, 11) is 1.58. The molecule has 0 bridgehead atoms. The summed E-state index contributed by atoms with van der Waals surface area (Å²) in [5.41, 5.74) is 1.06. The van der Waals surface area contributed by atoms with E-state index in [4.69, 9.17) is 9.47 Å². The molecule has 1 saturated heterocycles.